The van der Waals surface area contributed by atoms with Crippen molar-refractivity contribution in [3.8, 4) is 0 Å². The van der Waals surface area contributed by atoms with Crippen molar-refractivity contribution < 1.29 is 23.1 Å². The number of rotatable bonds is 4. The lowest BCUT2D eigenvalue weighted by Crippen LogP contribution is -2.45. The number of H-pyrrole nitrogens is 1. The van der Waals surface area contributed by atoms with Gasteiger partial charge in [0.15, 0.2) is 6.10 Å². The van der Waals surface area contributed by atoms with Crippen molar-refractivity contribution in [2.24, 2.45) is 0 Å². The number of nitrogens with one attached hydrogen (secondary N) is 2. The number of hydrogen-bond donors (Lipinski definition) is 3. The quantitative estimate of drug-likeness (QED) is 0.788. The van der Waals surface area contributed by atoms with Crippen molar-refractivity contribution in [1.29, 1.82) is 0 Å². The lowest BCUT2D eigenvalue weighted by atomic mass is 10.1. The summed E-state index contributed by atoms with van der Waals surface area (Å²) < 4.78 is 36.9. The minimum Gasteiger partial charge on any atom is -0.382 e. The molecule has 9 heteroatoms. The van der Waals surface area contributed by atoms with Gasteiger partial charge in [-0.3, -0.25) is 4.79 Å². The Hall–Kier alpha value is -2.55. The molecule has 24 heavy (non-hydrogen) atoms. The van der Waals surface area contributed by atoms with Crippen LogP contribution in [0.4, 0.5) is 18.0 Å². The van der Waals surface area contributed by atoms with Gasteiger partial charge in [-0.1, -0.05) is 18.2 Å². The van der Waals surface area contributed by atoms with E-state index in [-0.39, 0.29) is 12.1 Å². The predicted octanol–water partition coefficient (Wildman–Crippen LogP) is 1.59. The number of likely N-dealkylation sites (N-methyl/N-ethyl adjacent to an activating group) is 1. The van der Waals surface area contributed by atoms with Gasteiger partial charge in [-0.05, 0) is 11.6 Å². The number of urea groups is 1. The molecule has 2 rings (SSSR count). The molecule has 3 N–H and O–H groups in total. The molecule has 0 radical (unpaired) electrons. The highest BCUT2D eigenvalue weighted by molar-refractivity contribution is 5.82. The molecule has 130 valence electrons. The number of nitrogens with zero attached hydrogens (tertiary/aromatic N) is 1. The Morgan fingerprint density at radius 2 is 2.04 bits per heavy atom. The van der Waals surface area contributed by atoms with E-state index in [2.05, 4.69) is 10.3 Å². The summed E-state index contributed by atoms with van der Waals surface area (Å²) in [5, 5.41) is 12.1. The van der Waals surface area contributed by atoms with Crippen molar-refractivity contribution in [3.63, 3.8) is 0 Å². The molecular weight excluding hydrogens is 327 g/mol. The number of carbonyl (C=O) groups excluding carboxylic acids is 1. The standard InChI is InChI=1S/C15H16F3N3O3/c1-21(8-12(22)15(16,17)18)14(24)19-7-9-6-13(23)20-11-5-3-2-4-10(9)11/h2-6,12,22H,7-8H2,1H3,(H,19,24)(H,20,23). The number of halogens is 3. The van der Waals surface area contributed by atoms with Crippen molar-refractivity contribution >= 4 is 16.9 Å². The molecule has 0 fully saturated rings. The fourth-order valence-corrected chi connectivity index (χ4v) is 2.17. The smallest absolute Gasteiger partial charge is 0.382 e. The zero-order chi connectivity index (χ0) is 17.9. The second-order valence-corrected chi connectivity index (χ2v) is 5.30. The Kier molecular flexibility index (Phi) is 5.13. The molecule has 1 aromatic carbocycles. The molecule has 1 atom stereocenters. The van der Waals surface area contributed by atoms with E-state index in [0.717, 1.165) is 17.3 Å². The minimum atomic E-state index is -4.79. The SMILES string of the molecule is CN(CC(O)C(F)(F)F)C(=O)NCc1cc(=O)[nH]c2ccccc12. The second-order valence-electron chi connectivity index (χ2n) is 5.30. The summed E-state index contributed by atoms with van der Waals surface area (Å²) in [4.78, 5) is 26.8. The summed E-state index contributed by atoms with van der Waals surface area (Å²) in [6.45, 7) is -0.916. The number of aliphatic hydroxyl groups excluding tert-OH is 1. The number of alkyl halides is 3. The molecule has 0 aliphatic carbocycles. The second kappa shape index (κ2) is 6.91. The lowest BCUT2D eigenvalue weighted by Gasteiger charge is -2.22. The van der Waals surface area contributed by atoms with Crippen LogP contribution in [0.5, 0.6) is 0 Å². The van der Waals surface area contributed by atoms with Gasteiger partial charge < -0.3 is 20.3 Å². The average molecular weight is 343 g/mol. The van der Waals surface area contributed by atoms with E-state index in [1.54, 1.807) is 24.3 Å². The number of benzene rings is 1. The van der Waals surface area contributed by atoms with Gasteiger partial charge >= 0.3 is 12.2 Å². The molecule has 0 bridgehead atoms. The van der Waals surface area contributed by atoms with Crippen molar-refractivity contribution in [2.75, 3.05) is 13.6 Å². The summed E-state index contributed by atoms with van der Waals surface area (Å²) in [6, 6.07) is 7.48. The van der Waals surface area contributed by atoms with Crippen LogP contribution in [0.25, 0.3) is 10.9 Å². The van der Waals surface area contributed by atoms with E-state index in [1.807, 2.05) is 0 Å². The Bertz CT molecular complexity index is 789. The molecule has 0 aliphatic rings. The van der Waals surface area contributed by atoms with Gasteiger partial charge in [-0.25, -0.2) is 4.79 Å². The molecule has 1 aromatic heterocycles. The number of carbonyl (C=O) groups is 1. The Balaban J connectivity index is 2.06. The molecule has 0 aliphatic heterocycles. The van der Waals surface area contributed by atoms with Crippen LogP contribution in [-0.2, 0) is 6.54 Å². The summed E-state index contributed by atoms with van der Waals surface area (Å²) in [6.07, 6.45) is -7.41. The molecule has 0 saturated heterocycles. The Morgan fingerprint density at radius 1 is 1.38 bits per heavy atom. The van der Waals surface area contributed by atoms with Gasteiger partial charge in [-0.15, -0.1) is 0 Å². The van der Waals surface area contributed by atoms with Crippen molar-refractivity contribution in [1.82, 2.24) is 15.2 Å². The maximum absolute atomic E-state index is 12.3. The number of aromatic nitrogens is 1. The highest BCUT2D eigenvalue weighted by Crippen LogP contribution is 2.20. The molecule has 1 unspecified atom stereocenters. The van der Waals surface area contributed by atoms with Gasteiger partial charge in [0.05, 0.1) is 6.54 Å². The van der Waals surface area contributed by atoms with E-state index in [1.165, 1.54) is 6.07 Å². The first-order valence-corrected chi connectivity index (χ1v) is 7.03. The van der Waals surface area contributed by atoms with Gasteiger partial charge in [0.2, 0.25) is 5.56 Å². The largest absolute Gasteiger partial charge is 0.416 e. The fraction of sp³-hybridized carbons (Fsp3) is 0.333. The van der Waals surface area contributed by atoms with Crippen LogP contribution in [-0.4, -0.2) is 46.9 Å². The summed E-state index contributed by atoms with van der Waals surface area (Å²) in [7, 11) is 1.14. The van der Waals surface area contributed by atoms with Crippen LogP contribution in [0.3, 0.4) is 0 Å². The summed E-state index contributed by atoms with van der Waals surface area (Å²) >= 11 is 0. The number of fused-ring (bicyclic) bond motifs is 1. The molecule has 2 aromatic rings. The molecular formula is C15H16F3N3O3. The van der Waals surface area contributed by atoms with E-state index in [4.69, 9.17) is 5.11 Å². The third-order valence-electron chi connectivity index (χ3n) is 3.44. The van der Waals surface area contributed by atoms with Gasteiger partial charge in [0, 0.05) is 30.6 Å². The van der Waals surface area contributed by atoms with Crippen LogP contribution >= 0.6 is 0 Å². The first kappa shape index (κ1) is 17.8. The Morgan fingerprint density at radius 3 is 2.71 bits per heavy atom. The maximum Gasteiger partial charge on any atom is 0.416 e. The highest BCUT2D eigenvalue weighted by atomic mass is 19.4. The first-order chi connectivity index (χ1) is 11.2. The van der Waals surface area contributed by atoms with Gasteiger partial charge in [0.25, 0.3) is 0 Å². The molecule has 0 saturated carbocycles. The minimum absolute atomic E-state index is 0.0320. The maximum atomic E-state index is 12.3. The fourth-order valence-electron chi connectivity index (χ4n) is 2.17. The third-order valence-corrected chi connectivity index (χ3v) is 3.44. The highest BCUT2D eigenvalue weighted by Gasteiger charge is 2.39. The molecule has 1 heterocycles. The van der Waals surface area contributed by atoms with Gasteiger partial charge in [-0.2, -0.15) is 13.2 Å². The molecule has 2 amide bonds. The number of aromatic amines is 1. The topological polar surface area (TPSA) is 85.4 Å². The third kappa shape index (κ3) is 4.25. The van der Waals surface area contributed by atoms with E-state index in [9.17, 15) is 22.8 Å². The van der Waals surface area contributed by atoms with E-state index < -0.39 is 24.9 Å². The predicted molar refractivity (Wildman–Crippen MR) is 81.5 cm³/mol. The van der Waals surface area contributed by atoms with Gasteiger partial charge in [0.1, 0.15) is 0 Å². The Labute approximate surface area is 134 Å². The summed E-state index contributed by atoms with van der Waals surface area (Å²) in [5.41, 5.74) is 0.779. The van der Waals surface area contributed by atoms with Crippen LogP contribution in [0.1, 0.15) is 5.56 Å². The number of hydrogen-bond acceptors (Lipinski definition) is 3. The van der Waals surface area contributed by atoms with E-state index >= 15 is 0 Å². The lowest BCUT2D eigenvalue weighted by molar-refractivity contribution is -0.205. The monoisotopic (exact) mass is 343 g/mol. The zero-order valence-corrected chi connectivity index (χ0v) is 12.7. The molecule has 0 spiro atoms. The summed E-state index contributed by atoms with van der Waals surface area (Å²) in [5.74, 6) is 0. The van der Waals surface area contributed by atoms with Crippen LogP contribution in [0, 0.1) is 0 Å². The van der Waals surface area contributed by atoms with Crippen molar-refractivity contribution in [3.05, 3.63) is 46.2 Å². The van der Waals surface area contributed by atoms with Crippen LogP contribution in [0.15, 0.2) is 35.1 Å². The normalized spacial score (nSPS) is 12.9. The first-order valence-electron chi connectivity index (χ1n) is 7.03. The number of para-hydroxylation sites is 1. The van der Waals surface area contributed by atoms with Crippen LogP contribution in [0.2, 0.25) is 0 Å². The number of amides is 2. The average Bonchev–Trinajstić information content (AvgIpc) is 2.50. The number of pyridine rings is 1. The van der Waals surface area contributed by atoms with Crippen molar-refractivity contribution in [2.45, 2.75) is 18.8 Å². The molecule has 6 nitrogen and oxygen atoms in total. The van der Waals surface area contributed by atoms with E-state index in [0.29, 0.717) is 11.1 Å². The zero-order valence-electron chi connectivity index (χ0n) is 12.7. The van der Waals surface area contributed by atoms with Crippen LogP contribution < -0.4 is 10.9 Å². The number of aliphatic hydroxyl groups is 1.